The second-order valence-corrected chi connectivity index (χ2v) is 5.14. The van der Waals surface area contributed by atoms with E-state index in [2.05, 4.69) is 10.5 Å². The van der Waals surface area contributed by atoms with Crippen LogP contribution in [0.4, 0.5) is 5.82 Å². The Hall–Kier alpha value is -3.03. The average Bonchev–Trinajstić information content (AvgIpc) is 2.99. The zero-order valence-electron chi connectivity index (χ0n) is 14.3. The fourth-order valence-corrected chi connectivity index (χ4v) is 1.88. The molecule has 1 amide bonds. The number of hydrogen-bond donors (Lipinski definition) is 1. The monoisotopic (exact) mass is 348 g/mol. The number of amides is 1. The highest BCUT2D eigenvalue weighted by molar-refractivity contribution is 5.94. The summed E-state index contributed by atoms with van der Waals surface area (Å²) in [6.45, 7) is 5.30. The Morgan fingerprint density at radius 2 is 1.84 bits per heavy atom. The second-order valence-electron chi connectivity index (χ2n) is 5.14. The van der Waals surface area contributed by atoms with Crippen LogP contribution >= 0.6 is 0 Å². The van der Waals surface area contributed by atoms with E-state index in [1.807, 2.05) is 6.92 Å². The van der Waals surface area contributed by atoms with Crippen molar-refractivity contribution in [1.82, 2.24) is 5.16 Å². The number of carbonyl (C=O) groups excluding carboxylic acids is 2. The highest BCUT2D eigenvalue weighted by Crippen LogP contribution is 2.17. The van der Waals surface area contributed by atoms with Gasteiger partial charge in [-0.25, -0.2) is 4.79 Å². The van der Waals surface area contributed by atoms with E-state index in [0.29, 0.717) is 23.9 Å². The normalized spacial score (nSPS) is 11.5. The van der Waals surface area contributed by atoms with E-state index >= 15 is 0 Å². The number of nitrogens with zero attached hydrogens (tertiary/aromatic N) is 1. The first-order valence-electron chi connectivity index (χ1n) is 7.77. The van der Waals surface area contributed by atoms with Gasteiger partial charge >= 0.3 is 5.97 Å². The number of rotatable bonds is 8. The Morgan fingerprint density at radius 1 is 1.20 bits per heavy atom. The largest absolute Gasteiger partial charge is 0.494 e. The molecule has 2 aromatic rings. The summed E-state index contributed by atoms with van der Waals surface area (Å²) in [7, 11) is 0. The Kier molecular flexibility index (Phi) is 6.39. The molecule has 8 heteroatoms. The molecule has 8 nitrogen and oxygen atoms in total. The molecule has 0 radical (unpaired) electrons. The number of ether oxygens (including phenoxy) is 3. The summed E-state index contributed by atoms with van der Waals surface area (Å²) in [6.07, 6.45) is -0.992. The molecule has 0 aliphatic heterocycles. The number of esters is 1. The summed E-state index contributed by atoms with van der Waals surface area (Å²) in [4.78, 5) is 23.7. The first kappa shape index (κ1) is 18.3. The van der Waals surface area contributed by atoms with Crippen molar-refractivity contribution in [3.63, 3.8) is 0 Å². The molecule has 25 heavy (non-hydrogen) atoms. The van der Waals surface area contributed by atoms with Gasteiger partial charge in [0.05, 0.1) is 6.61 Å². The number of anilines is 1. The van der Waals surface area contributed by atoms with Crippen LogP contribution in [0.5, 0.6) is 11.5 Å². The minimum Gasteiger partial charge on any atom is -0.494 e. The maximum absolute atomic E-state index is 11.9. The van der Waals surface area contributed by atoms with Crippen molar-refractivity contribution in [3.05, 3.63) is 36.1 Å². The van der Waals surface area contributed by atoms with Crippen molar-refractivity contribution in [2.24, 2.45) is 0 Å². The van der Waals surface area contributed by atoms with Crippen LogP contribution in [-0.4, -0.2) is 36.4 Å². The van der Waals surface area contributed by atoms with Gasteiger partial charge in [-0.15, -0.1) is 0 Å². The summed E-state index contributed by atoms with van der Waals surface area (Å²) >= 11 is 0. The highest BCUT2D eigenvalue weighted by Gasteiger charge is 2.19. The number of nitrogens with one attached hydrogen (secondary N) is 1. The first-order valence-corrected chi connectivity index (χ1v) is 7.77. The quantitative estimate of drug-likeness (QED) is 0.731. The topological polar surface area (TPSA) is 99.9 Å². The van der Waals surface area contributed by atoms with Gasteiger partial charge in [0.25, 0.3) is 5.91 Å². The van der Waals surface area contributed by atoms with Crippen LogP contribution in [0.3, 0.4) is 0 Å². The van der Waals surface area contributed by atoms with Crippen LogP contribution in [0.15, 0.2) is 34.9 Å². The summed E-state index contributed by atoms with van der Waals surface area (Å²) < 4.78 is 20.5. The molecule has 0 spiro atoms. The fraction of sp³-hybridized carbons (Fsp3) is 0.353. The standard InChI is InChI=1S/C17H20N2O6/c1-4-22-13-5-7-14(8-6-13)23-10-16(20)24-12(3)17(21)18-15-9-11(2)25-19-15/h5-9,12H,4,10H2,1-3H3,(H,18,19,21)/t12-/m0/s1. The third-order valence-electron chi connectivity index (χ3n) is 3.05. The van der Waals surface area contributed by atoms with Crippen molar-refractivity contribution >= 4 is 17.7 Å². The van der Waals surface area contributed by atoms with Gasteiger partial charge in [-0.3, -0.25) is 4.79 Å². The summed E-state index contributed by atoms with van der Waals surface area (Å²) in [5.41, 5.74) is 0. The number of carbonyl (C=O) groups is 2. The maximum atomic E-state index is 11.9. The lowest BCUT2D eigenvalue weighted by atomic mass is 10.3. The Labute approximate surface area is 145 Å². The van der Waals surface area contributed by atoms with Gasteiger partial charge in [-0.05, 0) is 45.0 Å². The third kappa shape index (κ3) is 5.83. The summed E-state index contributed by atoms with van der Waals surface area (Å²) in [5, 5.41) is 6.12. The zero-order chi connectivity index (χ0) is 18.2. The lowest BCUT2D eigenvalue weighted by molar-refractivity contribution is -0.155. The SMILES string of the molecule is CCOc1ccc(OCC(=O)O[C@@H](C)C(=O)Nc2cc(C)on2)cc1. The number of benzene rings is 1. The summed E-state index contributed by atoms with van der Waals surface area (Å²) in [5.74, 6) is 0.858. The molecule has 1 heterocycles. The maximum Gasteiger partial charge on any atom is 0.344 e. The molecular weight excluding hydrogens is 328 g/mol. The molecule has 134 valence electrons. The predicted octanol–water partition coefficient (Wildman–Crippen LogP) is 2.33. The fourth-order valence-electron chi connectivity index (χ4n) is 1.88. The van der Waals surface area contributed by atoms with Crippen LogP contribution in [0.25, 0.3) is 0 Å². The molecule has 1 atom stereocenters. The van der Waals surface area contributed by atoms with Crippen LogP contribution in [0.1, 0.15) is 19.6 Å². The Balaban J connectivity index is 1.75. The minimum absolute atomic E-state index is 0.260. The van der Waals surface area contributed by atoms with Gasteiger partial charge in [0.2, 0.25) is 0 Å². The number of aromatic nitrogens is 1. The number of hydrogen-bond acceptors (Lipinski definition) is 7. The van der Waals surface area contributed by atoms with Gasteiger partial charge in [-0.1, -0.05) is 5.16 Å². The molecule has 0 saturated carbocycles. The van der Waals surface area contributed by atoms with Gasteiger partial charge in [0.1, 0.15) is 17.3 Å². The van der Waals surface area contributed by atoms with E-state index in [4.69, 9.17) is 18.7 Å². The van der Waals surface area contributed by atoms with Gasteiger partial charge in [0, 0.05) is 6.07 Å². The zero-order valence-corrected chi connectivity index (χ0v) is 14.3. The molecule has 0 saturated heterocycles. The van der Waals surface area contributed by atoms with Crippen LogP contribution in [0.2, 0.25) is 0 Å². The van der Waals surface area contributed by atoms with E-state index in [9.17, 15) is 9.59 Å². The molecular formula is C17H20N2O6. The average molecular weight is 348 g/mol. The molecule has 0 unspecified atom stereocenters. The minimum atomic E-state index is -0.992. The van der Waals surface area contributed by atoms with Crippen molar-refractivity contribution in [1.29, 1.82) is 0 Å². The molecule has 0 bridgehead atoms. The van der Waals surface area contributed by atoms with Gasteiger partial charge < -0.3 is 24.1 Å². The van der Waals surface area contributed by atoms with Crippen LogP contribution in [0, 0.1) is 6.92 Å². The molecule has 1 aromatic heterocycles. The van der Waals surface area contributed by atoms with Gasteiger partial charge in [-0.2, -0.15) is 0 Å². The third-order valence-corrected chi connectivity index (χ3v) is 3.05. The van der Waals surface area contributed by atoms with E-state index in [0.717, 1.165) is 0 Å². The predicted molar refractivity (Wildman–Crippen MR) is 88.5 cm³/mol. The molecule has 0 aliphatic carbocycles. The van der Waals surface area contributed by atoms with Crippen LogP contribution in [-0.2, 0) is 14.3 Å². The highest BCUT2D eigenvalue weighted by atomic mass is 16.6. The van der Waals surface area contributed by atoms with Gasteiger partial charge in [0.15, 0.2) is 18.5 Å². The first-order chi connectivity index (χ1) is 12.0. The molecule has 1 aromatic carbocycles. The van der Waals surface area contributed by atoms with E-state index in [1.54, 1.807) is 37.3 Å². The smallest absolute Gasteiger partial charge is 0.344 e. The van der Waals surface area contributed by atoms with Crippen molar-refractivity contribution in [3.8, 4) is 11.5 Å². The number of aryl methyl sites for hydroxylation is 1. The van der Waals surface area contributed by atoms with E-state index < -0.39 is 18.0 Å². The van der Waals surface area contributed by atoms with Crippen molar-refractivity contribution < 1.29 is 28.3 Å². The Bertz CT molecular complexity index is 710. The molecule has 0 aliphatic rings. The Morgan fingerprint density at radius 3 is 2.40 bits per heavy atom. The van der Waals surface area contributed by atoms with Crippen LogP contribution < -0.4 is 14.8 Å². The van der Waals surface area contributed by atoms with E-state index in [-0.39, 0.29) is 12.4 Å². The lowest BCUT2D eigenvalue weighted by Crippen LogP contribution is -2.31. The molecule has 0 fully saturated rings. The second kappa shape index (κ2) is 8.72. The van der Waals surface area contributed by atoms with Crippen molar-refractivity contribution in [2.75, 3.05) is 18.5 Å². The molecule has 2 rings (SSSR count). The van der Waals surface area contributed by atoms with E-state index in [1.165, 1.54) is 6.92 Å². The summed E-state index contributed by atoms with van der Waals surface area (Å²) in [6, 6.07) is 8.39. The molecule has 1 N–H and O–H groups in total. The lowest BCUT2D eigenvalue weighted by Gasteiger charge is -2.13. The van der Waals surface area contributed by atoms with Crippen molar-refractivity contribution in [2.45, 2.75) is 26.9 Å².